The highest BCUT2D eigenvalue weighted by Crippen LogP contribution is 2.27. The molecule has 0 N–H and O–H groups in total. The van der Waals surface area contributed by atoms with E-state index in [-0.39, 0.29) is 0 Å². The summed E-state index contributed by atoms with van der Waals surface area (Å²) in [6, 6.07) is 7.68. The molecule has 0 amide bonds. The molecule has 66 valence electrons. The van der Waals surface area contributed by atoms with Gasteiger partial charge < -0.3 is 0 Å². The van der Waals surface area contributed by atoms with Crippen LogP contribution in [-0.4, -0.2) is 4.98 Å². The zero-order valence-electron chi connectivity index (χ0n) is 6.39. The van der Waals surface area contributed by atoms with Crippen LogP contribution in [0.2, 0.25) is 5.15 Å². The third-order valence-electron chi connectivity index (χ3n) is 1.68. The molecule has 2 aromatic rings. The van der Waals surface area contributed by atoms with Gasteiger partial charge in [0.1, 0.15) is 5.15 Å². The van der Waals surface area contributed by atoms with Gasteiger partial charge in [-0.1, -0.05) is 27.5 Å². The van der Waals surface area contributed by atoms with E-state index >= 15 is 0 Å². The molecule has 0 atom stereocenters. The fourth-order valence-electron chi connectivity index (χ4n) is 1.13. The van der Waals surface area contributed by atoms with E-state index in [0.29, 0.717) is 5.15 Å². The molecule has 1 heterocycles. The highest BCUT2D eigenvalue weighted by molar-refractivity contribution is 9.11. The van der Waals surface area contributed by atoms with Crippen molar-refractivity contribution in [1.82, 2.24) is 4.98 Å². The number of rotatable bonds is 0. The van der Waals surface area contributed by atoms with Crippen LogP contribution in [0.1, 0.15) is 0 Å². The lowest BCUT2D eigenvalue weighted by atomic mass is 10.2. The molecule has 1 aromatic heterocycles. The van der Waals surface area contributed by atoms with E-state index in [2.05, 4.69) is 36.8 Å². The molecule has 0 saturated carbocycles. The second-order valence-electron chi connectivity index (χ2n) is 2.59. The Bertz CT molecular complexity index is 470. The van der Waals surface area contributed by atoms with Gasteiger partial charge in [0.2, 0.25) is 0 Å². The molecule has 0 fully saturated rings. The van der Waals surface area contributed by atoms with E-state index in [1.54, 1.807) is 6.07 Å². The van der Waals surface area contributed by atoms with Crippen LogP contribution in [0, 0.1) is 0 Å². The van der Waals surface area contributed by atoms with Gasteiger partial charge in [-0.3, -0.25) is 0 Å². The molecule has 0 saturated heterocycles. The van der Waals surface area contributed by atoms with E-state index in [1.165, 1.54) is 0 Å². The Labute approximate surface area is 97.4 Å². The summed E-state index contributed by atoms with van der Waals surface area (Å²) in [7, 11) is 0. The van der Waals surface area contributed by atoms with Crippen LogP contribution in [-0.2, 0) is 0 Å². The maximum absolute atomic E-state index is 5.79. The summed E-state index contributed by atoms with van der Waals surface area (Å²) < 4.78 is 1.97. The first-order valence-electron chi connectivity index (χ1n) is 3.58. The first-order valence-corrected chi connectivity index (χ1v) is 5.54. The average molecular weight is 321 g/mol. The highest BCUT2D eigenvalue weighted by atomic mass is 79.9. The number of hydrogen-bond donors (Lipinski definition) is 0. The molecular weight excluding hydrogens is 317 g/mol. The Balaban J connectivity index is 2.87. The van der Waals surface area contributed by atoms with Gasteiger partial charge in [-0.15, -0.1) is 0 Å². The van der Waals surface area contributed by atoms with Crippen molar-refractivity contribution in [2.45, 2.75) is 0 Å². The van der Waals surface area contributed by atoms with Gasteiger partial charge in [-0.2, -0.15) is 0 Å². The molecule has 1 nitrogen and oxygen atoms in total. The quantitative estimate of drug-likeness (QED) is 0.655. The predicted molar refractivity (Wildman–Crippen MR) is 62.2 cm³/mol. The molecule has 0 unspecified atom stereocenters. The zero-order chi connectivity index (χ0) is 9.42. The molecule has 0 radical (unpaired) electrons. The minimum absolute atomic E-state index is 0.510. The van der Waals surface area contributed by atoms with Crippen molar-refractivity contribution < 1.29 is 0 Å². The smallest absolute Gasteiger partial charge is 0.129 e. The molecule has 13 heavy (non-hydrogen) atoms. The van der Waals surface area contributed by atoms with Crippen LogP contribution in [0.15, 0.2) is 33.2 Å². The lowest BCUT2D eigenvalue weighted by Gasteiger charge is -2.01. The maximum Gasteiger partial charge on any atom is 0.129 e. The van der Waals surface area contributed by atoms with Crippen molar-refractivity contribution in [3.8, 4) is 0 Å². The van der Waals surface area contributed by atoms with Crippen LogP contribution in [0.3, 0.4) is 0 Å². The van der Waals surface area contributed by atoms with E-state index in [0.717, 1.165) is 19.8 Å². The number of halogens is 3. The molecule has 2 rings (SSSR count). The molecule has 0 aliphatic heterocycles. The molecule has 1 aromatic carbocycles. The Hall–Kier alpha value is -0.120. The Kier molecular flexibility index (Phi) is 2.58. The third kappa shape index (κ3) is 1.87. The number of fused-ring (bicyclic) bond motifs is 1. The maximum atomic E-state index is 5.79. The minimum atomic E-state index is 0.510. The molecule has 0 bridgehead atoms. The van der Waals surface area contributed by atoms with Gasteiger partial charge in [0, 0.05) is 14.3 Å². The lowest BCUT2D eigenvalue weighted by Crippen LogP contribution is -1.81. The second-order valence-corrected chi connectivity index (χ2v) is 4.75. The van der Waals surface area contributed by atoms with Crippen molar-refractivity contribution in [3.63, 3.8) is 0 Å². The standard InChI is InChI=1S/C9H4Br2ClN/c10-6-3-5-1-2-8(12)13-9(5)7(11)4-6/h1-4H. The number of hydrogen-bond acceptors (Lipinski definition) is 1. The average Bonchev–Trinajstić information content (AvgIpc) is 2.06. The van der Waals surface area contributed by atoms with Gasteiger partial charge in [-0.25, -0.2) is 4.98 Å². The van der Waals surface area contributed by atoms with Crippen LogP contribution in [0.5, 0.6) is 0 Å². The van der Waals surface area contributed by atoms with Crippen LogP contribution < -0.4 is 0 Å². The number of nitrogens with zero attached hydrogens (tertiary/aromatic N) is 1. The summed E-state index contributed by atoms with van der Waals surface area (Å²) >= 11 is 12.6. The fourth-order valence-corrected chi connectivity index (χ4v) is 2.63. The summed E-state index contributed by atoms with van der Waals surface area (Å²) in [6.07, 6.45) is 0. The fraction of sp³-hybridized carbons (Fsp3) is 0. The molecule has 0 spiro atoms. The summed E-state index contributed by atoms with van der Waals surface area (Å²) in [5, 5.41) is 1.57. The monoisotopic (exact) mass is 319 g/mol. The van der Waals surface area contributed by atoms with E-state index in [1.807, 2.05) is 18.2 Å². The van der Waals surface area contributed by atoms with E-state index in [4.69, 9.17) is 11.6 Å². The minimum Gasteiger partial charge on any atom is -0.235 e. The van der Waals surface area contributed by atoms with Crippen molar-refractivity contribution in [2.75, 3.05) is 0 Å². The summed E-state index contributed by atoms with van der Waals surface area (Å²) in [4.78, 5) is 4.21. The number of pyridine rings is 1. The molecular formula is C9H4Br2ClN. The van der Waals surface area contributed by atoms with Crippen molar-refractivity contribution in [2.24, 2.45) is 0 Å². The largest absolute Gasteiger partial charge is 0.235 e. The molecule has 4 heteroatoms. The van der Waals surface area contributed by atoms with Gasteiger partial charge >= 0.3 is 0 Å². The van der Waals surface area contributed by atoms with Crippen molar-refractivity contribution in [3.05, 3.63) is 38.4 Å². The Morgan fingerprint density at radius 1 is 1.15 bits per heavy atom. The van der Waals surface area contributed by atoms with Crippen LogP contribution >= 0.6 is 43.5 Å². The summed E-state index contributed by atoms with van der Waals surface area (Å²) in [5.41, 5.74) is 0.885. The number of aromatic nitrogens is 1. The SMILES string of the molecule is Clc1ccc2cc(Br)cc(Br)c2n1. The van der Waals surface area contributed by atoms with Gasteiger partial charge in [-0.05, 0) is 40.2 Å². The Morgan fingerprint density at radius 3 is 2.69 bits per heavy atom. The Morgan fingerprint density at radius 2 is 1.92 bits per heavy atom. The lowest BCUT2D eigenvalue weighted by molar-refractivity contribution is 1.40. The normalized spacial score (nSPS) is 10.7. The van der Waals surface area contributed by atoms with Crippen molar-refractivity contribution in [1.29, 1.82) is 0 Å². The third-order valence-corrected chi connectivity index (χ3v) is 2.95. The van der Waals surface area contributed by atoms with Crippen LogP contribution in [0.4, 0.5) is 0 Å². The zero-order valence-corrected chi connectivity index (χ0v) is 10.3. The second kappa shape index (κ2) is 3.56. The molecule has 0 aliphatic rings. The van der Waals surface area contributed by atoms with Crippen molar-refractivity contribution >= 4 is 54.4 Å². The summed E-state index contributed by atoms with van der Waals surface area (Å²) in [5.74, 6) is 0. The topological polar surface area (TPSA) is 12.9 Å². The van der Waals surface area contributed by atoms with Gasteiger partial charge in [0.05, 0.1) is 5.52 Å². The van der Waals surface area contributed by atoms with Gasteiger partial charge in [0.25, 0.3) is 0 Å². The highest BCUT2D eigenvalue weighted by Gasteiger charge is 2.02. The number of benzene rings is 1. The molecule has 0 aliphatic carbocycles. The van der Waals surface area contributed by atoms with Gasteiger partial charge in [0.15, 0.2) is 0 Å². The predicted octanol–water partition coefficient (Wildman–Crippen LogP) is 4.41. The van der Waals surface area contributed by atoms with Crippen LogP contribution in [0.25, 0.3) is 10.9 Å². The summed E-state index contributed by atoms with van der Waals surface area (Å²) in [6.45, 7) is 0. The first-order chi connectivity index (χ1) is 6.16. The van der Waals surface area contributed by atoms with E-state index < -0.39 is 0 Å². The van der Waals surface area contributed by atoms with E-state index in [9.17, 15) is 0 Å². The first kappa shape index (κ1) is 9.44.